The highest BCUT2D eigenvalue weighted by Crippen LogP contribution is 2.53. The number of hydrogen-bond acceptors (Lipinski definition) is 3. The van der Waals surface area contributed by atoms with E-state index in [9.17, 15) is 4.79 Å². The largest absolute Gasteiger partial charge is 0.347 e. The van der Waals surface area contributed by atoms with Gasteiger partial charge >= 0.3 is 0 Å². The predicted molar refractivity (Wildman–Crippen MR) is 79.9 cm³/mol. The van der Waals surface area contributed by atoms with Gasteiger partial charge in [-0.2, -0.15) is 5.10 Å². The standard InChI is InChI=1S/C17H17N3O2/c1-10-13(11-5-3-2-4-6-11)9-20(19-10)17-7-12(8-17)14-15(22-14)18-16(17)21/h2-6,9,12,14-15H,7-8H2,1H3,(H,18,21). The summed E-state index contributed by atoms with van der Waals surface area (Å²) in [5.41, 5.74) is 2.68. The van der Waals surface area contributed by atoms with Gasteiger partial charge in [0.2, 0.25) is 5.91 Å². The van der Waals surface area contributed by atoms with Crippen LogP contribution in [0.4, 0.5) is 0 Å². The fourth-order valence-corrected chi connectivity index (χ4v) is 3.96. The molecular formula is C17H17N3O2. The van der Waals surface area contributed by atoms with Crippen LogP contribution in [0.3, 0.4) is 0 Å². The zero-order valence-electron chi connectivity index (χ0n) is 12.3. The highest BCUT2D eigenvalue weighted by molar-refractivity contribution is 5.87. The van der Waals surface area contributed by atoms with Crippen LogP contribution in [-0.2, 0) is 15.1 Å². The number of nitrogens with one attached hydrogen (secondary N) is 1. The number of benzene rings is 1. The van der Waals surface area contributed by atoms with Crippen LogP contribution in [0.1, 0.15) is 18.5 Å². The molecule has 5 heteroatoms. The van der Waals surface area contributed by atoms with Gasteiger partial charge in [-0.1, -0.05) is 30.3 Å². The van der Waals surface area contributed by atoms with E-state index in [4.69, 9.17) is 4.74 Å². The lowest BCUT2D eigenvalue weighted by molar-refractivity contribution is -0.138. The average molecular weight is 295 g/mol. The molecule has 0 radical (unpaired) electrons. The van der Waals surface area contributed by atoms with Crippen molar-refractivity contribution in [1.29, 1.82) is 0 Å². The molecule has 6 rings (SSSR count). The minimum absolute atomic E-state index is 0.0517. The van der Waals surface area contributed by atoms with Gasteiger partial charge in [0.15, 0.2) is 6.23 Å². The Kier molecular flexibility index (Phi) is 2.25. The summed E-state index contributed by atoms with van der Waals surface area (Å²) in [7, 11) is 0. The minimum Gasteiger partial charge on any atom is -0.347 e. The fourth-order valence-electron chi connectivity index (χ4n) is 3.96. The van der Waals surface area contributed by atoms with Crippen molar-refractivity contribution in [1.82, 2.24) is 15.1 Å². The molecule has 112 valence electrons. The van der Waals surface area contributed by atoms with Crippen LogP contribution in [-0.4, -0.2) is 28.0 Å². The van der Waals surface area contributed by atoms with Crippen molar-refractivity contribution in [2.45, 2.75) is 37.6 Å². The third kappa shape index (κ3) is 1.52. The Bertz CT molecular complexity index is 761. The first kappa shape index (κ1) is 12.4. The quantitative estimate of drug-likeness (QED) is 0.860. The van der Waals surface area contributed by atoms with Crippen LogP contribution in [0, 0.1) is 12.8 Å². The van der Waals surface area contributed by atoms with Crippen molar-refractivity contribution in [3.8, 4) is 11.1 Å². The predicted octanol–water partition coefficient (Wildman–Crippen LogP) is 1.82. The van der Waals surface area contributed by atoms with Gasteiger partial charge in [0, 0.05) is 11.8 Å². The molecule has 2 aromatic rings. The summed E-state index contributed by atoms with van der Waals surface area (Å²) in [5.74, 6) is 0.532. The Hall–Kier alpha value is -2.14. The number of rotatable bonds is 2. The van der Waals surface area contributed by atoms with E-state index in [1.54, 1.807) is 0 Å². The third-order valence-corrected chi connectivity index (χ3v) is 5.31. The van der Waals surface area contributed by atoms with Gasteiger partial charge < -0.3 is 10.1 Å². The van der Waals surface area contributed by atoms with E-state index in [0.29, 0.717) is 5.92 Å². The number of aryl methyl sites for hydroxylation is 1. The topological polar surface area (TPSA) is 59.5 Å². The summed E-state index contributed by atoms with van der Waals surface area (Å²) < 4.78 is 7.39. The Morgan fingerprint density at radius 1 is 1.32 bits per heavy atom. The number of carbonyl (C=O) groups is 1. The van der Waals surface area contributed by atoms with E-state index in [2.05, 4.69) is 22.5 Å². The molecule has 0 spiro atoms. The normalized spacial score (nSPS) is 35.1. The lowest BCUT2D eigenvalue weighted by Gasteiger charge is -2.44. The van der Waals surface area contributed by atoms with Gasteiger partial charge in [-0.25, -0.2) is 0 Å². The van der Waals surface area contributed by atoms with E-state index >= 15 is 0 Å². The monoisotopic (exact) mass is 295 g/mol. The molecule has 1 amide bonds. The maximum Gasteiger partial charge on any atom is 0.250 e. The van der Waals surface area contributed by atoms with Crippen molar-refractivity contribution >= 4 is 5.91 Å². The molecule has 2 bridgehead atoms. The number of nitrogens with zero attached hydrogens (tertiary/aromatic N) is 2. The zero-order valence-corrected chi connectivity index (χ0v) is 12.3. The van der Waals surface area contributed by atoms with Gasteiger partial charge in [0.1, 0.15) is 11.6 Å². The van der Waals surface area contributed by atoms with Crippen LogP contribution in [0.25, 0.3) is 11.1 Å². The first-order valence-corrected chi connectivity index (χ1v) is 7.76. The molecule has 4 fully saturated rings. The summed E-state index contributed by atoms with van der Waals surface area (Å²) >= 11 is 0. The molecule has 1 aromatic heterocycles. The second-order valence-electron chi connectivity index (χ2n) is 6.63. The number of aromatic nitrogens is 2. The maximum atomic E-state index is 12.6. The van der Waals surface area contributed by atoms with E-state index < -0.39 is 5.54 Å². The van der Waals surface area contributed by atoms with Crippen LogP contribution in [0.15, 0.2) is 36.5 Å². The van der Waals surface area contributed by atoms with Gasteiger partial charge in [-0.3, -0.25) is 9.48 Å². The van der Waals surface area contributed by atoms with E-state index in [0.717, 1.165) is 29.7 Å². The second kappa shape index (κ2) is 3.98. The number of fused-ring (bicyclic) bond motifs is 1. The zero-order chi connectivity index (χ0) is 14.9. The Balaban J connectivity index is 1.55. The Morgan fingerprint density at radius 2 is 2.09 bits per heavy atom. The van der Waals surface area contributed by atoms with E-state index in [1.807, 2.05) is 36.0 Å². The molecule has 4 aliphatic rings. The van der Waals surface area contributed by atoms with Crippen molar-refractivity contribution in [2.75, 3.05) is 0 Å². The first-order valence-electron chi connectivity index (χ1n) is 7.76. The van der Waals surface area contributed by atoms with Crippen LogP contribution in [0.2, 0.25) is 0 Å². The Labute approximate surface area is 128 Å². The number of ether oxygens (including phenoxy) is 1. The van der Waals surface area contributed by atoms with Crippen LogP contribution in [0.5, 0.6) is 0 Å². The Morgan fingerprint density at radius 3 is 2.86 bits per heavy atom. The summed E-state index contributed by atoms with van der Waals surface area (Å²) in [6, 6.07) is 10.2. The molecule has 2 unspecified atom stereocenters. The van der Waals surface area contributed by atoms with Crippen molar-refractivity contribution in [3.05, 3.63) is 42.2 Å². The summed E-state index contributed by atoms with van der Waals surface area (Å²) in [6.07, 6.45) is 3.85. The summed E-state index contributed by atoms with van der Waals surface area (Å²) in [4.78, 5) is 12.6. The summed E-state index contributed by atoms with van der Waals surface area (Å²) in [6.45, 7) is 2.00. The second-order valence-corrected chi connectivity index (χ2v) is 6.63. The molecule has 22 heavy (non-hydrogen) atoms. The molecule has 1 N–H and O–H groups in total. The third-order valence-electron chi connectivity index (χ3n) is 5.31. The van der Waals surface area contributed by atoms with Gasteiger partial charge in [-0.15, -0.1) is 0 Å². The lowest BCUT2D eigenvalue weighted by Crippen LogP contribution is -2.56. The highest BCUT2D eigenvalue weighted by atomic mass is 16.6. The van der Waals surface area contributed by atoms with Gasteiger partial charge in [0.05, 0.1) is 5.69 Å². The van der Waals surface area contributed by atoms with Crippen molar-refractivity contribution < 1.29 is 9.53 Å². The maximum absolute atomic E-state index is 12.6. The van der Waals surface area contributed by atoms with Crippen LogP contribution < -0.4 is 5.32 Å². The smallest absolute Gasteiger partial charge is 0.250 e. The van der Waals surface area contributed by atoms with Crippen molar-refractivity contribution in [2.24, 2.45) is 5.92 Å². The van der Waals surface area contributed by atoms with Crippen molar-refractivity contribution in [3.63, 3.8) is 0 Å². The SMILES string of the molecule is Cc1nn(C23CC(C2)C2OC2NC3=O)cc1-c1ccccc1. The minimum atomic E-state index is -0.515. The lowest BCUT2D eigenvalue weighted by atomic mass is 9.67. The first-order chi connectivity index (χ1) is 10.7. The fraction of sp³-hybridized carbons (Fsp3) is 0.412. The number of epoxide rings is 1. The molecule has 3 saturated heterocycles. The van der Waals surface area contributed by atoms with Gasteiger partial charge in [-0.05, 0) is 31.2 Å². The number of carbonyl (C=O) groups excluding carboxylic acids is 1. The molecule has 1 saturated carbocycles. The highest BCUT2D eigenvalue weighted by Gasteiger charge is 2.64. The molecule has 5 nitrogen and oxygen atoms in total. The van der Waals surface area contributed by atoms with E-state index in [-0.39, 0.29) is 18.2 Å². The molecular weight excluding hydrogens is 278 g/mol. The number of hydrogen-bond donors (Lipinski definition) is 1. The van der Waals surface area contributed by atoms with Crippen LogP contribution >= 0.6 is 0 Å². The average Bonchev–Trinajstić information content (AvgIpc) is 3.14. The molecule has 4 heterocycles. The molecule has 3 aliphatic heterocycles. The van der Waals surface area contributed by atoms with E-state index in [1.165, 1.54) is 0 Å². The van der Waals surface area contributed by atoms with Gasteiger partial charge in [0.25, 0.3) is 0 Å². The molecule has 1 aromatic carbocycles. The number of amides is 1. The molecule has 2 atom stereocenters. The molecule has 1 aliphatic carbocycles. The summed E-state index contributed by atoms with van der Waals surface area (Å²) in [5, 5.41) is 7.66.